The summed E-state index contributed by atoms with van der Waals surface area (Å²) in [6.45, 7) is 0.854. The van der Waals surface area contributed by atoms with Crippen molar-refractivity contribution < 1.29 is 4.74 Å². The third-order valence-corrected chi connectivity index (χ3v) is 3.83. The molecule has 1 aliphatic rings. The van der Waals surface area contributed by atoms with Gasteiger partial charge in [-0.3, -0.25) is 0 Å². The number of ether oxygens (including phenoxy) is 1. The largest absolute Gasteiger partial charge is 0.385 e. The van der Waals surface area contributed by atoms with Gasteiger partial charge in [-0.25, -0.2) is 0 Å². The highest BCUT2D eigenvalue weighted by atomic mass is 16.5. The van der Waals surface area contributed by atoms with Crippen LogP contribution in [0.2, 0.25) is 0 Å². The van der Waals surface area contributed by atoms with Gasteiger partial charge in [0.15, 0.2) is 0 Å². The Kier molecular flexibility index (Phi) is 4.19. The summed E-state index contributed by atoms with van der Waals surface area (Å²) in [7, 11) is 1.76. The zero-order valence-electron chi connectivity index (χ0n) is 10.7. The van der Waals surface area contributed by atoms with Gasteiger partial charge >= 0.3 is 0 Å². The molecule has 0 aromatic heterocycles. The zero-order valence-corrected chi connectivity index (χ0v) is 10.7. The highest BCUT2D eigenvalue weighted by molar-refractivity contribution is 5.31. The molecular weight excluding hydrogens is 210 g/mol. The highest BCUT2D eigenvalue weighted by Crippen LogP contribution is 2.30. The molecule has 0 bridgehead atoms. The van der Waals surface area contributed by atoms with E-state index in [0.29, 0.717) is 0 Å². The van der Waals surface area contributed by atoms with Gasteiger partial charge in [0.05, 0.1) is 0 Å². The van der Waals surface area contributed by atoms with Crippen molar-refractivity contribution in [3.8, 4) is 0 Å². The third kappa shape index (κ3) is 3.30. The van der Waals surface area contributed by atoms with Crippen LogP contribution < -0.4 is 5.73 Å². The lowest BCUT2D eigenvalue weighted by Gasteiger charge is -2.35. The van der Waals surface area contributed by atoms with Gasteiger partial charge in [-0.05, 0) is 49.7 Å². The van der Waals surface area contributed by atoms with Crippen LogP contribution in [0.25, 0.3) is 0 Å². The van der Waals surface area contributed by atoms with Crippen LogP contribution in [0.15, 0.2) is 24.3 Å². The fourth-order valence-corrected chi connectivity index (χ4v) is 2.76. The maximum atomic E-state index is 6.52. The molecule has 1 aromatic rings. The van der Waals surface area contributed by atoms with Gasteiger partial charge < -0.3 is 10.5 Å². The first-order valence-electron chi connectivity index (χ1n) is 6.58. The Morgan fingerprint density at radius 3 is 2.76 bits per heavy atom. The molecule has 2 N–H and O–H groups in total. The minimum Gasteiger partial charge on any atom is -0.385 e. The first-order valence-corrected chi connectivity index (χ1v) is 6.58. The second-order valence-corrected chi connectivity index (χ2v) is 5.26. The van der Waals surface area contributed by atoms with Crippen molar-refractivity contribution in [2.24, 2.45) is 5.73 Å². The van der Waals surface area contributed by atoms with Crippen LogP contribution in [0.1, 0.15) is 36.8 Å². The summed E-state index contributed by atoms with van der Waals surface area (Å²) in [5, 5.41) is 0. The van der Waals surface area contributed by atoms with Crippen molar-refractivity contribution in [3.63, 3.8) is 0 Å². The highest BCUT2D eigenvalue weighted by Gasteiger charge is 2.29. The molecule has 0 saturated carbocycles. The quantitative estimate of drug-likeness (QED) is 0.794. The van der Waals surface area contributed by atoms with Gasteiger partial charge in [0.2, 0.25) is 0 Å². The monoisotopic (exact) mass is 233 g/mol. The smallest absolute Gasteiger partial charge is 0.0462 e. The molecule has 17 heavy (non-hydrogen) atoms. The van der Waals surface area contributed by atoms with Crippen LogP contribution in [0.4, 0.5) is 0 Å². The Hall–Kier alpha value is -0.860. The minimum absolute atomic E-state index is 0.0160. The molecule has 94 valence electrons. The van der Waals surface area contributed by atoms with Crippen LogP contribution in [0, 0.1) is 0 Å². The first-order chi connectivity index (χ1) is 8.23. The molecule has 0 saturated heterocycles. The van der Waals surface area contributed by atoms with Crippen LogP contribution in [0.5, 0.6) is 0 Å². The summed E-state index contributed by atoms with van der Waals surface area (Å²) in [6.07, 6.45) is 6.71. The van der Waals surface area contributed by atoms with Crippen LogP contribution in [-0.2, 0) is 17.6 Å². The SMILES string of the molecule is COCCCCC1(N)CCc2ccccc2C1. The molecule has 0 aliphatic heterocycles. The standard InChI is InChI=1S/C15H23NO/c1-17-11-5-4-9-15(16)10-8-13-6-2-3-7-14(13)12-15/h2-3,6-7H,4-5,8-12,16H2,1H3. The third-order valence-electron chi connectivity index (χ3n) is 3.83. The maximum absolute atomic E-state index is 6.52. The van der Waals surface area contributed by atoms with Gasteiger partial charge in [-0.2, -0.15) is 0 Å². The van der Waals surface area contributed by atoms with E-state index in [9.17, 15) is 0 Å². The summed E-state index contributed by atoms with van der Waals surface area (Å²) in [5.74, 6) is 0. The van der Waals surface area contributed by atoms with E-state index in [1.807, 2.05) is 0 Å². The molecule has 2 rings (SSSR count). The van der Waals surface area contributed by atoms with Crippen molar-refractivity contribution in [3.05, 3.63) is 35.4 Å². The van der Waals surface area contributed by atoms with Gasteiger partial charge in [-0.15, -0.1) is 0 Å². The molecule has 0 heterocycles. The van der Waals surface area contributed by atoms with E-state index in [1.54, 1.807) is 7.11 Å². The Bertz CT molecular complexity index is 364. The molecule has 2 nitrogen and oxygen atoms in total. The number of aryl methyl sites for hydroxylation is 1. The number of hydrogen-bond donors (Lipinski definition) is 1. The predicted octanol–water partition coefficient (Wildman–Crippen LogP) is 2.69. The molecule has 0 amide bonds. The molecule has 0 fully saturated rings. The lowest BCUT2D eigenvalue weighted by Crippen LogP contribution is -2.45. The van der Waals surface area contributed by atoms with Crippen LogP contribution in [-0.4, -0.2) is 19.3 Å². The molecule has 1 aliphatic carbocycles. The van der Waals surface area contributed by atoms with Crippen molar-refractivity contribution in [1.29, 1.82) is 0 Å². The molecule has 1 unspecified atom stereocenters. The van der Waals surface area contributed by atoms with E-state index in [1.165, 1.54) is 17.5 Å². The van der Waals surface area contributed by atoms with Crippen LogP contribution in [0.3, 0.4) is 0 Å². The second kappa shape index (κ2) is 5.65. The van der Waals surface area contributed by atoms with Gasteiger partial charge in [-0.1, -0.05) is 24.3 Å². The number of methoxy groups -OCH3 is 1. The van der Waals surface area contributed by atoms with Crippen molar-refractivity contribution in [1.82, 2.24) is 0 Å². The van der Waals surface area contributed by atoms with Gasteiger partial charge in [0, 0.05) is 19.3 Å². The Morgan fingerprint density at radius 2 is 2.00 bits per heavy atom. The van der Waals surface area contributed by atoms with E-state index < -0.39 is 0 Å². The van der Waals surface area contributed by atoms with Crippen molar-refractivity contribution >= 4 is 0 Å². The maximum Gasteiger partial charge on any atom is 0.0462 e. The Labute approximate surface area is 104 Å². The summed E-state index contributed by atoms with van der Waals surface area (Å²) in [4.78, 5) is 0. The average Bonchev–Trinajstić information content (AvgIpc) is 2.35. The number of nitrogens with two attached hydrogens (primary N) is 1. The molecule has 1 aromatic carbocycles. The van der Waals surface area contributed by atoms with Crippen molar-refractivity contribution in [2.45, 2.75) is 44.1 Å². The summed E-state index contributed by atoms with van der Waals surface area (Å²) >= 11 is 0. The lowest BCUT2D eigenvalue weighted by atomic mass is 9.76. The fourth-order valence-electron chi connectivity index (χ4n) is 2.76. The van der Waals surface area contributed by atoms with Crippen molar-refractivity contribution in [2.75, 3.05) is 13.7 Å². The van der Waals surface area contributed by atoms with E-state index in [-0.39, 0.29) is 5.54 Å². The van der Waals surface area contributed by atoms with Crippen LogP contribution >= 0.6 is 0 Å². The minimum atomic E-state index is 0.0160. The van der Waals surface area contributed by atoms with Gasteiger partial charge in [0.25, 0.3) is 0 Å². The topological polar surface area (TPSA) is 35.2 Å². The molecule has 0 spiro atoms. The second-order valence-electron chi connectivity index (χ2n) is 5.26. The summed E-state index contributed by atoms with van der Waals surface area (Å²) < 4.78 is 5.08. The number of benzene rings is 1. The van der Waals surface area contributed by atoms with E-state index in [2.05, 4.69) is 24.3 Å². The molecule has 2 heteroatoms. The lowest BCUT2D eigenvalue weighted by molar-refractivity contribution is 0.187. The predicted molar refractivity (Wildman–Crippen MR) is 71.1 cm³/mol. The van der Waals surface area contributed by atoms with Gasteiger partial charge in [0.1, 0.15) is 0 Å². The van der Waals surface area contributed by atoms with E-state index in [0.717, 1.165) is 38.7 Å². The summed E-state index contributed by atoms with van der Waals surface area (Å²) in [5.41, 5.74) is 9.47. The number of unbranched alkanes of at least 4 members (excludes halogenated alkanes) is 1. The zero-order chi connectivity index (χ0) is 12.1. The fraction of sp³-hybridized carbons (Fsp3) is 0.600. The number of fused-ring (bicyclic) bond motifs is 1. The number of hydrogen-bond acceptors (Lipinski definition) is 2. The molecular formula is C15H23NO. The summed E-state index contributed by atoms with van der Waals surface area (Å²) in [6, 6.07) is 8.71. The average molecular weight is 233 g/mol. The normalized spacial score (nSPS) is 23.4. The Balaban J connectivity index is 1.91. The first kappa shape index (κ1) is 12.6. The molecule has 1 atom stereocenters. The molecule has 0 radical (unpaired) electrons. The van der Waals surface area contributed by atoms with E-state index >= 15 is 0 Å². The van der Waals surface area contributed by atoms with E-state index in [4.69, 9.17) is 10.5 Å². The number of rotatable bonds is 5. The Morgan fingerprint density at radius 1 is 1.24 bits per heavy atom.